The first-order valence-electron chi connectivity index (χ1n) is 9.24. The van der Waals surface area contributed by atoms with E-state index in [1.54, 1.807) is 19.0 Å². The van der Waals surface area contributed by atoms with Crippen LogP contribution in [0.3, 0.4) is 0 Å². The van der Waals surface area contributed by atoms with Crippen LogP contribution >= 0.6 is 0 Å². The van der Waals surface area contributed by atoms with Crippen molar-refractivity contribution in [2.24, 2.45) is 0 Å². The SMILES string of the molecule is COc1ccc(NC(=O)c2cnc(N(C)C)nc2C2CCN(S(C)(=O)=O)C2)cc1F. The van der Waals surface area contributed by atoms with Gasteiger partial charge in [0.15, 0.2) is 11.6 Å². The molecule has 1 unspecified atom stereocenters. The quantitative estimate of drug-likeness (QED) is 0.733. The number of methoxy groups -OCH3 is 1. The van der Waals surface area contributed by atoms with Crippen molar-refractivity contribution >= 4 is 27.6 Å². The Kier molecular flexibility index (Phi) is 6.22. The maximum atomic E-state index is 14.0. The number of nitrogens with one attached hydrogen (secondary N) is 1. The van der Waals surface area contributed by atoms with Crippen molar-refractivity contribution in [3.8, 4) is 5.75 Å². The van der Waals surface area contributed by atoms with Crippen molar-refractivity contribution in [1.82, 2.24) is 14.3 Å². The number of rotatable bonds is 6. The van der Waals surface area contributed by atoms with Gasteiger partial charge in [-0.2, -0.15) is 0 Å². The standard InChI is InChI=1S/C19H24FN5O4S/c1-24(2)19-21-10-14(17(23-19)12-7-8-25(11-12)30(4,27)28)18(26)22-13-5-6-16(29-3)15(20)9-13/h5-6,9-10,12H,7-8,11H2,1-4H3,(H,22,26). The van der Waals surface area contributed by atoms with Gasteiger partial charge in [-0.15, -0.1) is 0 Å². The van der Waals surface area contributed by atoms with Gasteiger partial charge in [0, 0.05) is 51.1 Å². The number of amides is 1. The highest BCUT2D eigenvalue weighted by atomic mass is 32.2. The molecule has 1 N–H and O–H groups in total. The minimum atomic E-state index is -3.34. The van der Waals surface area contributed by atoms with Crippen LogP contribution in [0, 0.1) is 5.82 Å². The summed E-state index contributed by atoms with van der Waals surface area (Å²) in [5.41, 5.74) is 0.939. The predicted octanol–water partition coefficient (Wildman–Crippen LogP) is 1.69. The lowest BCUT2D eigenvalue weighted by molar-refractivity contribution is 0.102. The fraction of sp³-hybridized carbons (Fsp3) is 0.421. The number of carbonyl (C=O) groups excluding carboxylic acids is 1. The number of carbonyl (C=O) groups is 1. The first kappa shape index (κ1) is 21.9. The maximum absolute atomic E-state index is 14.0. The molecule has 1 fully saturated rings. The van der Waals surface area contributed by atoms with Crippen LogP contribution in [0.4, 0.5) is 16.0 Å². The Labute approximate surface area is 174 Å². The molecule has 1 aliphatic rings. The first-order chi connectivity index (χ1) is 14.1. The predicted molar refractivity (Wildman–Crippen MR) is 111 cm³/mol. The van der Waals surface area contributed by atoms with Gasteiger partial charge in [-0.3, -0.25) is 4.79 Å². The highest BCUT2D eigenvalue weighted by Crippen LogP contribution is 2.31. The molecule has 1 atom stereocenters. The van der Waals surface area contributed by atoms with Crippen molar-refractivity contribution in [2.45, 2.75) is 12.3 Å². The lowest BCUT2D eigenvalue weighted by Crippen LogP contribution is -2.28. The average Bonchev–Trinajstić information content (AvgIpc) is 3.18. The van der Waals surface area contributed by atoms with Crippen LogP contribution in [0.2, 0.25) is 0 Å². The highest BCUT2D eigenvalue weighted by molar-refractivity contribution is 7.88. The molecular formula is C19H24FN5O4S. The Bertz CT molecular complexity index is 1060. The normalized spacial score (nSPS) is 17.0. The number of benzene rings is 1. The van der Waals surface area contributed by atoms with Crippen LogP contribution in [0.15, 0.2) is 24.4 Å². The van der Waals surface area contributed by atoms with Gasteiger partial charge in [-0.1, -0.05) is 0 Å². The summed E-state index contributed by atoms with van der Waals surface area (Å²) in [4.78, 5) is 23.4. The molecule has 0 bridgehead atoms. The summed E-state index contributed by atoms with van der Waals surface area (Å²) in [6.07, 6.45) is 3.11. The minimum Gasteiger partial charge on any atom is -0.494 e. The van der Waals surface area contributed by atoms with Crippen LogP contribution < -0.4 is 15.0 Å². The number of halogens is 1. The largest absolute Gasteiger partial charge is 0.494 e. The van der Waals surface area contributed by atoms with E-state index < -0.39 is 21.7 Å². The summed E-state index contributed by atoms with van der Waals surface area (Å²) in [5, 5.41) is 2.64. The molecule has 3 rings (SSSR count). The third-order valence-corrected chi connectivity index (χ3v) is 6.14. The molecule has 0 spiro atoms. The van der Waals surface area contributed by atoms with E-state index in [1.807, 2.05) is 0 Å². The Morgan fingerprint density at radius 2 is 2.10 bits per heavy atom. The van der Waals surface area contributed by atoms with E-state index in [0.717, 1.165) is 12.3 Å². The summed E-state index contributed by atoms with van der Waals surface area (Å²) in [6, 6.07) is 4.10. The molecule has 1 aromatic heterocycles. The van der Waals surface area contributed by atoms with Crippen molar-refractivity contribution in [1.29, 1.82) is 0 Å². The van der Waals surface area contributed by atoms with Crippen molar-refractivity contribution in [3.63, 3.8) is 0 Å². The highest BCUT2D eigenvalue weighted by Gasteiger charge is 2.33. The molecule has 1 amide bonds. The van der Waals surface area contributed by atoms with E-state index in [0.29, 0.717) is 24.6 Å². The third kappa shape index (κ3) is 4.68. The van der Waals surface area contributed by atoms with E-state index in [4.69, 9.17) is 4.74 Å². The van der Waals surface area contributed by atoms with Crippen molar-refractivity contribution in [3.05, 3.63) is 41.5 Å². The van der Waals surface area contributed by atoms with E-state index in [-0.39, 0.29) is 29.5 Å². The lowest BCUT2D eigenvalue weighted by Gasteiger charge is -2.18. The summed E-state index contributed by atoms with van der Waals surface area (Å²) in [6.45, 7) is 0.593. The van der Waals surface area contributed by atoms with E-state index in [2.05, 4.69) is 15.3 Å². The first-order valence-corrected chi connectivity index (χ1v) is 11.1. The van der Waals surface area contributed by atoms with E-state index >= 15 is 0 Å². The van der Waals surface area contributed by atoms with E-state index in [1.165, 1.54) is 29.7 Å². The average molecular weight is 437 g/mol. The molecule has 0 aliphatic carbocycles. The van der Waals surface area contributed by atoms with Gasteiger partial charge in [-0.25, -0.2) is 27.1 Å². The Morgan fingerprint density at radius 3 is 2.67 bits per heavy atom. The molecule has 1 aromatic carbocycles. The molecule has 1 aliphatic heterocycles. The third-order valence-electron chi connectivity index (χ3n) is 4.87. The van der Waals surface area contributed by atoms with Gasteiger partial charge in [0.1, 0.15) is 0 Å². The van der Waals surface area contributed by atoms with Gasteiger partial charge in [0.05, 0.1) is 24.6 Å². The molecule has 30 heavy (non-hydrogen) atoms. The number of aromatic nitrogens is 2. The molecule has 0 saturated carbocycles. The van der Waals surface area contributed by atoms with E-state index in [9.17, 15) is 17.6 Å². The Balaban J connectivity index is 1.92. The summed E-state index contributed by atoms with van der Waals surface area (Å²) in [5.74, 6) is -0.879. The number of sulfonamides is 1. The maximum Gasteiger partial charge on any atom is 0.259 e. The van der Waals surface area contributed by atoms with Gasteiger partial charge < -0.3 is 15.0 Å². The number of hydrogen-bond donors (Lipinski definition) is 1. The van der Waals surface area contributed by atoms with Crippen LogP contribution in [-0.2, 0) is 10.0 Å². The second kappa shape index (κ2) is 8.52. The van der Waals surface area contributed by atoms with Crippen molar-refractivity contribution < 1.29 is 22.3 Å². The fourth-order valence-corrected chi connectivity index (χ4v) is 4.17. The van der Waals surface area contributed by atoms with Gasteiger partial charge >= 0.3 is 0 Å². The van der Waals surface area contributed by atoms with Crippen LogP contribution in [0.1, 0.15) is 28.4 Å². The lowest BCUT2D eigenvalue weighted by atomic mass is 9.99. The molecule has 2 heterocycles. The molecule has 1 saturated heterocycles. The second-order valence-electron chi connectivity index (χ2n) is 7.27. The number of ether oxygens (including phenoxy) is 1. The molecular weight excluding hydrogens is 413 g/mol. The van der Waals surface area contributed by atoms with Gasteiger partial charge in [0.25, 0.3) is 5.91 Å². The molecule has 9 nitrogen and oxygen atoms in total. The van der Waals surface area contributed by atoms with Crippen LogP contribution in [-0.4, -0.2) is 69.1 Å². The van der Waals surface area contributed by atoms with Crippen LogP contribution in [0.25, 0.3) is 0 Å². The van der Waals surface area contributed by atoms with Crippen molar-refractivity contribution in [2.75, 3.05) is 50.8 Å². The van der Waals surface area contributed by atoms with Gasteiger partial charge in [0.2, 0.25) is 16.0 Å². The molecule has 162 valence electrons. The minimum absolute atomic E-state index is 0.0687. The second-order valence-corrected chi connectivity index (χ2v) is 9.26. The zero-order valence-electron chi connectivity index (χ0n) is 17.2. The fourth-order valence-electron chi connectivity index (χ4n) is 3.28. The Morgan fingerprint density at radius 1 is 1.37 bits per heavy atom. The summed E-state index contributed by atoms with van der Waals surface area (Å²) >= 11 is 0. The molecule has 11 heteroatoms. The zero-order valence-corrected chi connectivity index (χ0v) is 18.0. The van der Waals surface area contributed by atoms with Gasteiger partial charge in [-0.05, 0) is 18.6 Å². The Hall–Kier alpha value is -2.79. The zero-order chi connectivity index (χ0) is 22.1. The van der Waals surface area contributed by atoms with Crippen LogP contribution in [0.5, 0.6) is 5.75 Å². The molecule has 0 radical (unpaired) electrons. The monoisotopic (exact) mass is 437 g/mol. The summed E-state index contributed by atoms with van der Waals surface area (Å²) < 4.78 is 44.0. The molecule has 2 aromatic rings. The smallest absolute Gasteiger partial charge is 0.259 e. The number of hydrogen-bond acceptors (Lipinski definition) is 7. The topological polar surface area (TPSA) is 105 Å². The number of nitrogens with zero attached hydrogens (tertiary/aromatic N) is 4. The summed E-state index contributed by atoms with van der Waals surface area (Å²) in [7, 11) is 1.57. The number of anilines is 2.